The summed E-state index contributed by atoms with van der Waals surface area (Å²) in [6.07, 6.45) is 3.62. The van der Waals surface area contributed by atoms with Gasteiger partial charge in [0.15, 0.2) is 0 Å². The zero-order valence-corrected chi connectivity index (χ0v) is 15.0. The maximum Gasteiger partial charge on any atom is 0.136 e. The average molecular weight is 363 g/mol. The van der Waals surface area contributed by atoms with Gasteiger partial charge in [-0.3, -0.25) is 0 Å². The lowest BCUT2D eigenvalue weighted by molar-refractivity contribution is 0.742. The van der Waals surface area contributed by atoms with Crippen LogP contribution in [-0.2, 0) is 0 Å². The van der Waals surface area contributed by atoms with Gasteiger partial charge in [0.25, 0.3) is 0 Å². The molecule has 0 saturated carbocycles. The lowest BCUT2D eigenvalue weighted by Gasteiger charge is -2.11. The van der Waals surface area contributed by atoms with Gasteiger partial charge < -0.3 is 10.6 Å². The zero-order valence-electron chi connectivity index (χ0n) is 13.4. The molecule has 4 nitrogen and oxygen atoms in total. The molecule has 5 heteroatoms. The van der Waals surface area contributed by atoms with Crippen molar-refractivity contribution in [2.24, 2.45) is 0 Å². The van der Waals surface area contributed by atoms with Gasteiger partial charge in [0.2, 0.25) is 0 Å². The minimum Gasteiger partial charge on any atom is -0.370 e. The average Bonchev–Trinajstić information content (AvgIpc) is 2.47. The molecular formula is C17H23BrN4. The summed E-state index contributed by atoms with van der Waals surface area (Å²) < 4.78 is 1.11. The van der Waals surface area contributed by atoms with Crippen LogP contribution in [-0.4, -0.2) is 16.5 Å². The number of aryl methyl sites for hydroxylation is 2. The first-order valence-electron chi connectivity index (χ1n) is 7.71. The number of hydrogen-bond donors (Lipinski definition) is 2. The molecule has 0 atom stereocenters. The number of anilines is 3. The highest BCUT2D eigenvalue weighted by Gasteiger charge is 2.03. The third kappa shape index (κ3) is 4.98. The van der Waals surface area contributed by atoms with Crippen molar-refractivity contribution in [3.63, 3.8) is 0 Å². The normalized spacial score (nSPS) is 10.5. The molecule has 0 radical (unpaired) electrons. The molecule has 0 spiro atoms. The molecule has 1 aromatic carbocycles. The van der Waals surface area contributed by atoms with Gasteiger partial charge in [-0.05, 0) is 44.0 Å². The van der Waals surface area contributed by atoms with Crippen molar-refractivity contribution >= 4 is 33.3 Å². The molecule has 1 aromatic heterocycles. The van der Waals surface area contributed by atoms with Crippen LogP contribution in [0.25, 0.3) is 0 Å². The summed E-state index contributed by atoms with van der Waals surface area (Å²) in [5.74, 6) is 2.45. The minimum absolute atomic E-state index is 0.761. The highest BCUT2D eigenvalue weighted by atomic mass is 79.9. The molecule has 2 aromatic rings. The Kier molecular flexibility index (Phi) is 6.19. The van der Waals surface area contributed by atoms with Gasteiger partial charge in [-0.2, -0.15) is 0 Å². The van der Waals surface area contributed by atoms with Gasteiger partial charge in [0.05, 0.1) is 0 Å². The van der Waals surface area contributed by atoms with Gasteiger partial charge in [-0.15, -0.1) is 0 Å². The fourth-order valence-electron chi connectivity index (χ4n) is 2.18. The van der Waals surface area contributed by atoms with E-state index in [2.05, 4.69) is 56.4 Å². The molecule has 0 aliphatic rings. The molecule has 2 rings (SSSR count). The second kappa shape index (κ2) is 8.13. The van der Waals surface area contributed by atoms with Gasteiger partial charge in [-0.1, -0.05) is 35.7 Å². The maximum absolute atomic E-state index is 4.45. The standard InChI is InChI=1S/C17H23BrN4/c1-4-5-6-9-19-16-11-17(21-13(3)20-16)22-14-7-8-15(18)12(2)10-14/h7-8,10-11H,4-6,9H2,1-3H3,(H2,19,20,21,22). The van der Waals surface area contributed by atoms with Crippen LogP contribution >= 0.6 is 15.9 Å². The van der Waals surface area contributed by atoms with E-state index >= 15 is 0 Å². The predicted octanol–water partition coefficient (Wildman–Crippen LogP) is 5.20. The van der Waals surface area contributed by atoms with E-state index in [1.165, 1.54) is 18.4 Å². The van der Waals surface area contributed by atoms with E-state index in [9.17, 15) is 0 Å². The Bertz CT molecular complexity index is 628. The molecule has 0 saturated heterocycles. The van der Waals surface area contributed by atoms with Crippen molar-refractivity contribution in [1.82, 2.24) is 9.97 Å². The lowest BCUT2D eigenvalue weighted by Crippen LogP contribution is -2.06. The third-order valence-corrected chi connectivity index (χ3v) is 4.24. The highest BCUT2D eigenvalue weighted by Crippen LogP contribution is 2.23. The van der Waals surface area contributed by atoms with Gasteiger partial charge in [0.1, 0.15) is 17.5 Å². The number of aromatic nitrogens is 2. The van der Waals surface area contributed by atoms with Gasteiger partial charge >= 0.3 is 0 Å². The second-order valence-corrected chi connectivity index (χ2v) is 6.26. The summed E-state index contributed by atoms with van der Waals surface area (Å²) in [6, 6.07) is 8.12. The number of rotatable bonds is 7. The Morgan fingerprint density at radius 1 is 1.05 bits per heavy atom. The largest absolute Gasteiger partial charge is 0.370 e. The lowest BCUT2D eigenvalue weighted by atomic mass is 10.2. The Labute approximate surface area is 140 Å². The van der Waals surface area contributed by atoms with Gasteiger partial charge in [0, 0.05) is 22.8 Å². The number of unbranched alkanes of at least 4 members (excludes halogenated alkanes) is 2. The molecule has 2 N–H and O–H groups in total. The highest BCUT2D eigenvalue weighted by molar-refractivity contribution is 9.10. The van der Waals surface area contributed by atoms with Crippen LogP contribution in [0.1, 0.15) is 37.6 Å². The smallest absolute Gasteiger partial charge is 0.136 e. The van der Waals surface area contributed by atoms with E-state index in [-0.39, 0.29) is 0 Å². The summed E-state index contributed by atoms with van der Waals surface area (Å²) in [6.45, 7) is 7.13. The Morgan fingerprint density at radius 3 is 2.55 bits per heavy atom. The fourth-order valence-corrected chi connectivity index (χ4v) is 2.43. The van der Waals surface area contributed by atoms with Crippen molar-refractivity contribution in [3.8, 4) is 0 Å². The molecule has 0 bridgehead atoms. The Balaban J connectivity index is 2.06. The van der Waals surface area contributed by atoms with E-state index in [1.807, 2.05) is 25.1 Å². The van der Waals surface area contributed by atoms with E-state index in [0.29, 0.717) is 0 Å². The Hall–Kier alpha value is -1.62. The molecular weight excluding hydrogens is 340 g/mol. The first-order chi connectivity index (χ1) is 10.6. The first kappa shape index (κ1) is 16.7. The van der Waals surface area contributed by atoms with Crippen LogP contribution in [0, 0.1) is 13.8 Å². The topological polar surface area (TPSA) is 49.8 Å². The summed E-state index contributed by atoms with van der Waals surface area (Å²) in [5, 5.41) is 6.71. The van der Waals surface area contributed by atoms with Gasteiger partial charge in [-0.25, -0.2) is 9.97 Å². The molecule has 0 fully saturated rings. The van der Waals surface area contributed by atoms with E-state index in [4.69, 9.17) is 0 Å². The SMILES string of the molecule is CCCCCNc1cc(Nc2ccc(Br)c(C)c2)nc(C)n1. The minimum atomic E-state index is 0.761. The van der Waals surface area contributed by atoms with Crippen LogP contribution in [0.5, 0.6) is 0 Å². The number of halogens is 1. The number of benzene rings is 1. The predicted molar refractivity (Wildman–Crippen MR) is 96.9 cm³/mol. The van der Waals surface area contributed by atoms with Crippen molar-refractivity contribution in [1.29, 1.82) is 0 Å². The second-order valence-electron chi connectivity index (χ2n) is 5.41. The van der Waals surface area contributed by atoms with Crippen molar-refractivity contribution in [2.45, 2.75) is 40.0 Å². The summed E-state index contributed by atoms with van der Waals surface area (Å²) >= 11 is 3.52. The molecule has 0 amide bonds. The fraction of sp³-hybridized carbons (Fsp3) is 0.412. The molecule has 0 aliphatic heterocycles. The number of nitrogens with zero attached hydrogens (tertiary/aromatic N) is 2. The zero-order chi connectivity index (χ0) is 15.9. The molecule has 22 heavy (non-hydrogen) atoms. The number of nitrogens with one attached hydrogen (secondary N) is 2. The molecule has 0 unspecified atom stereocenters. The summed E-state index contributed by atoms with van der Waals surface area (Å²) in [5.41, 5.74) is 2.21. The van der Waals surface area contributed by atoms with Crippen molar-refractivity contribution in [2.75, 3.05) is 17.2 Å². The molecule has 118 valence electrons. The number of hydrogen-bond acceptors (Lipinski definition) is 4. The maximum atomic E-state index is 4.45. The molecule has 1 heterocycles. The van der Waals surface area contributed by atoms with Crippen LogP contribution in [0.15, 0.2) is 28.7 Å². The third-order valence-electron chi connectivity index (χ3n) is 3.35. The van der Waals surface area contributed by atoms with Crippen molar-refractivity contribution < 1.29 is 0 Å². The van der Waals surface area contributed by atoms with Crippen LogP contribution in [0.2, 0.25) is 0 Å². The van der Waals surface area contributed by atoms with E-state index < -0.39 is 0 Å². The van der Waals surface area contributed by atoms with Crippen LogP contribution in [0.3, 0.4) is 0 Å². The first-order valence-corrected chi connectivity index (χ1v) is 8.50. The van der Waals surface area contributed by atoms with E-state index in [0.717, 1.165) is 40.6 Å². The van der Waals surface area contributed by atoms with Crippen LogP contribution < -0.4 is 10.6 Å². The summed E-state index contributed by atoms with van der Waals surface area (Å²) in [4.78, 5) is 8.89. The van der Waals surface area contributed by atoms with E-state index in [1.54, 1.807) is 0 Å². The quantitative estimate of drug-likeness (QED) is 0.664. The van der Waals surface area contributed by atoms with Crippen molar-refractivity contribution in [3.05, 3.63) is 40.1 Å². The Morgan fingerprint density at radius 2 is 1.82 bits per heavy atom. The van der Waals surface area contributed by atoms with Crippen LogP contribution in [0.4, 0.5) is 17.3 Å². The molecule has 0 aliphatic carbocycles. The summed E-state index contributed by atoms with van der Waals surface area (Å²) in [7, 11) is 0. The monoisotopic (exact) mass is 362 g/mol.